The third-order valence-electron chi connectivity index (χ3n) is 4.31. The Hall–Kier alpha value is -1.36. The molecule has 0 radical (unpaired) electrons. The lowest BCUT2D eigenvalue weighted by molar-refractivity contribution is -0.151. The molecule has 0 spiro atoms. The first-order valence-corrected chi connectivity index (χ1v) is 6.91. The molecule has 1 saturated carbocycles. The van der Waals surface area contributed by atoms with E-state index in [1.807, 2.05) is 19.1 Å². The van der Waals surface area contributed by atoms with E-state index < -0.39 is 17.8 Å². The third kappa shape index (κ3) is 2.52. The van der Waals surface area contributed by atoms with Gasteiger partial charge in [-0.15, -0.1) is 0 Å². The van der Waals surface area contributed by atoms with E-state index in [-0.39, 0.29) is 24.3 Å². The molecule has 1 fully saturated rings. The molecule has 5 nitrogen and oxygen atoms in total. The van der Waals surface area contributed by atoms with Gasteiger partial charge in [0.05, 0.1) is 11.8 Å². The molecule has 19 heavy (non-hydrogen) atoms. The number of allylic oxidation sites excluding steroid dienone is 2. The molecular formula is C14H21NO4. The van der Waals surface area contributed by atoms with Crippen LogP contribution in [-0.2, 0) is 9.59 Å². The fourth-order valence-corrected chi connectivity index (χ4v) is 3.39. The van der Waals surface area contributed by atoms with Gasteiger partial charge in [0.2, 0.25) is 5.91 Å². The van der Waals surface area contributed by atoms with Crippen LogP contribution < -0.4 is 0 Å². The van der Waals surface area contributed by atoms with E-state index in [0.29, 0.717) is 19.5 Å². The van der Waals surface area contributed by atoms with Gasteiger partial charge in [-0.05, 0) is 31.6 Å². The minimum Gasteiger partial charge on any atom is -0.481 e. The Labute approximate surface area is 112 Å². The fourth-order valence-electron chi connectivity index (χ4n) is 3.39. The predicted octanol–water partition coefficient (Wildman–Crippen LogP) is 0.740. The number of hydrogen-bond acceptors (Lipinski definition) is 3. The molecule has 2 rings (SSSR count). The second kappa shape index (κ2) is 5.74. The molecule has 0 aromatic heterocycles. The largest absolute Gasteiger partial charge is 0.481 e. The lowest BCUT2D eigenvalue weighted by atomic mass is 9.82. The van der Waals surface area contributed by atoms with Crippen molar-refractivity contribution < 1.29 is 19.8 Å². The molecule has 2 aliphatic carbocycles. The zero-order valence-electron chi connectivity index (χ0n) is 11.2. The smallest absolute Gasteiger partial charge is 0.307 e. The second-order valence-electron chi connectivity index (χ2n) is 5.33. The Bertz CT molecular complexity index is 393. The Morgan fingerprint density at radius 3 is 2.42 bits per heavy atom. The number of carbonyl (C=O) groups excluding carboxylic acids is 1. The number of aliphatic hydroxyl groups is 1. The minimum absolute atomic E-state index is 0.00741. The molecule has 1 amide bonds. The lowest BCUT2D eigenvalue weighted by Crippen LogP contribution is -2.43. The number of carbonyl (C=O) groups is 2. The summed E-state index contributed by atoms with van der Waals surface area (Å²) in [6, 6.07) is 0. The Balaban J connectivity index is 2.12. The first-order chi connectivity index (χ1) is 9.10. The summed E-state index contributed by atoms with van der Waals surface area (Å²) >= 11 is 0. The zero-order chi connectivity index (χ0) is 14.0. The standard InChI is InChI=1S/C14H21NO4/c1-2-15(6-3-7-16)13(17)11-9-4-5-10(8-9)12(11)14(18)19/h4-5,9-12,16H,2-3,6-8H2,1H3,(H,18,19). The van der Waals surface area contributed by atoms with Crippen molar-refractivity contribution in [2.75, 3.05) is 19.7 Å². The second-order valence-corrected chi connectivity index (χ2v) is 5.33. The Morgan fingerprint density at radius 2 is 1.89 bits per heavy atom. The van der Waals surface area contributed by atoms with Crippen LogP contribution in [0.2, 0.25) is 0 Å². The highest BCUT2D eigenvalue weighted by Gasteiger charge is 2.52. The van der Waals surface area contributed by atoms with Crippen LogP contribution in [0.25, 0.3) is 0 Å². The number of aliphatic carboxylic acids is 1. The van der Waals surface area contributed by atoms with Gasteiger partial charge in [0.25, 0.3) is 0 Å². The zero-order valence-corrected chi connectivity index (χ0v) is 11.2. The number of rotatable bonds is 6. The van der Waals surface area contributed by atoms with Crippen LogP contribution in [0.1, 0.15) is 19.8 Å². The van der Waals surface area contributed by atoms with Crippen LogP contribution in [0.15, 0.2) is 12.2 Å². The summed E-state index contributed by atoms with van der Waals surface area (Å²) in [7, 11) is 0. The van der Waals surface area contributed by atoms with Crippen LogP contribution >= 0.6 is 0 Å². The number of carboxylic acids is 1. The summed E-state index contributed by atoms with van der Waals surface area (Å²) in [4.78, 5) is 25.6. The quantitative estimate of drug-likeness (QED) is 0.696. The van der Waals surface area contributed by atoms with Gasteiger partial charge in [-0.1, -0.05) is 12.2 Å². The average Bonchev–Trinajstić information content (AvgIpc) is 2.99. The van der Waals surface area contributed by atoms with Gasteiger partial charge in [0.15, 0.2) is 0 Å². The molecule has 0 saturated heterocycles. The summed E-state index contributed by atoms with van der Waals surface area (Å²) in [5.41, 5.74) is 0. The minimum atomic E-state index is -0.867. The first kappa shape index (κ1) is 14.1. The monoisotopic (exact) mass is 267 g/mol. The Kier molecular flexibility index (Phi) is 4.24. The first-order valence-electron chi connectivity index (χ1n) is 6.91. The molecule has 5 heteroatoms. The van der Waals surface area contributed by atoms with Crippen molar-refractivity contribution in [2.24, 2.45) is 23.7 Å². The lowest BCUT2D eigenvalue weighted by Gasteiger charge is -2.30. The SMILES string of the molecule is CCN(CCCO)C(=O)C1C2C=CC(C2)C1C(=O)O. The summed E-state index contributed by atoms with van der Waals surface area (Å²) in [6.45, 7) is 2.98. The maximum atomic E-state index is 12.5. The number of nitrogens with zero attached hydrogens (tertiary/aromatic N) is 1. The topological polar surface area (TPSA) is 77.8 Å². The van der Waals surface area contributed by atoms with Gasteiger partial charge in [0.1, 0.15) is 0 Å². The number of carboxylic acid groups (broad SMARTS) is 1. The van der Waals surface area contributed by atoms with E-state index in [0.717, 1.165) is 6.42 Å². The van der Waals surface area contributed by atoms with Crippen molar-refractivity contribution in [3.63, 3.8) is 0 Å². The van der Waals surface area contributed by atoms with Crippen LogP contribution in [0.3, 0.4) is 0 Å². The molecule has 0 aliphatic heterocycles. The van der Waals surface area contributed by atoms with Crippen molar-refractivity contribution in [2.45, 2.75) is 19.8 Å². The number of hydrogen-bond donors (Lipinski definition) is 2. The maximum Gasteiger partial charge on any atom is 0.307 e. The molecule has 0 heterocycles. The van der Waals surface area contributed by atoms with E-state index in [2.05, 4.69) is 0 Å². The molecule has 0 aromatic rings. The van der Waals surface area contributed by atoms with Gasteiger partial charge >= 0.3 is 5.97 Å². The van der Waals surface area contributed by atoms with Crippen molar-refractivity contribution in [3.05, 3.63) is 12.2 Å². The van der Waals surface area contributed by atoms with Crippen LogP contribution in [0.5, 0.6) is 0 Å². The molecule has 106 valence electrons. The van der Waals surface area contributed by atoms with E-state index in [4.69, 9.17) is 5.11 Å². The molecule has 2 N–H and O–H groups in total. The highest BCUT2D eigenvalue weighted by molar-refractivity contribution is 5.86. The third-order valence-corrected chi connectivity index (χ3v) is 4.31. The average molecular weight is 267 g/mol. The predicted molar refractivity (Wildman–Crippen MR) is 69.3 cm³/mol. The Morgan fingerprint density at radius 1 is 1.26 bits per heavy atom. The molecule has 4 unspecified atom stereocenters. The normalized spacial score (nSPS) is 31.7. The van der Waals surface area contributed by atoms with Gasteiger partial charge in [0, 0.05) is 19.7 Å². The van der Waals surface area contributed by atoms with Gasteiger partial charge in [-0.2, -0.15) is 0 Å². The summed E-state index contributed by atoms with van der Waals surface area (Å²) in [5.74, 6) is -1.86. The van der Waals surface area contributed by atoms with Crippen LogP contribution in [0, 0.1) is 23.7 Å². The van der Waals surface area contributed by atoms with Gasteiger partial charge in [-0.3, -0.25) is 9.59 Å². The molecule has 2 bridgehead atoms. The van der Waals surface area contributed by atoms with E-state index in [9.17, 15) is 14.7 Å². The summed E-state index contributed by atoms with van der Waals surface area (Å²) in [6.07, 6.45) is 5.25. The number of amides is 1. The van der Waals surface area contributed by atoms with Gasteiger partial charge in [-0.25, -0.2) is 0 Å². The molecule has 0 aromatic carbocycles. The number of fused-ring (bicyclic) bond motifs is 2. The highest BCUT2D eigenvalue weighted by atomic mass is 16.4. The van der Waals surface area contributed by atoms with E-state index in [1.165, 1.54) is 0 Å². The maximum absolute atomic E-state index is 12.5. The van der Waals surface area contributed by atoms with E-state index in [1.54, 1.807) is 4.90 Å². The van der Waals surface area contributed by atoms with Crippen molar-refractivity contribution in [1.29, 1.82) is 0 Å². The fraction of sp³-hybridized carbons (Fsp3) is 0.714. The summed E-state index contributed by atoms with van der Waals surface area (Å²) < 4.78 is 0. The molecular weight excluding hydrogens is 246 g/mol. The molecule has 4 atom stereocenters. The summed E-state index contributed by atoms with van der Waals surface area (Å²) in [5, 5.41) is 18.2. The van der Waals surface area contributed by atoms with Crippen LogP contribution in [-0.4, -0.2) is 46.7 Å². The van der Waals surface area contributed by atoms with Crippen molar-refractivity contribution >= 4 is 11.9 Å². The van der Waals surface area contributed by atoms with Crippen LogP contribution in [0.4, 0.5) is 0 Å². The van der Waals surface area contributed by atoms with E-state index >= 15 is 0 Å². The van der Waals surface area contributed by atoms with Crippen molar-refractivity contribution in [3.8, 4) is 0 Å². The molecule has 2 aliphatic rings. The van der Waals surface area contributed by atoms with Gasteiger partial charge < -0.3 is 15.1 Å². The highest BCUT2D eigenvalue weighted by Crippen LogP contribution is 2.48. The van der Waals surface area contributed by atoms with Crippen molar-refractivity contribution in [1.82, 2.24) is 4.90 Å². The number of aliphatic hydroxyl groups excluding tert-OH is 1.